The summed E-state index contributed by atoms with van der Waals surface area (Å²) in [4.78, 5) is 66.5. The van der Waals surface area contributed by atoms with Gasteiger partial charge in [0.15, 0.2) is 21.7 Å². The molecule has 1 heterocycles. The van der Waals surface area contributed by atoms with E-state index >= 15 is 0 Å². The quantitative estimate of drug-likeness (QED) is 0.156. The first kappa shape index (κ1) is 27.5. The fourth-order valence-electron chi connectivity index (χ4n) is 6.72. The lowest BCUT2D eigenvalue weighted by Crippen LogP contribution is -2.16. The lowest BCUT2D eigenvalue weighted by molar-refractivity contribution is 1.41. The lowest BCUT2D eigenvalue weighted by atomic mass is 9.97. The fourth-order valence-corrected chi connectivity index (χ4v) is 6.72. The van der Waals surface area contributed by atoms with Gasteiger partial charge in [0.05, 0.1) is 44.0 Å². The Morgan fingerprint density at radius 3 is 1.04 bits per heavy atom. The maximum Gasteiger partial charge on any atom is 0.196 e. The Morgan fingerprint density at radius 1 is 0.375 bits per heavy atom. The summed E-state index contributed by atoms with van der Waals surface area (Å²) in [5.74, 6) is 0. The summed E-state index contributed by atoms with van der Waals surface area (Å²) in [5.41, 5.74) is 1.91. The first-order chi connectivity index (χ1) is 23.5. The first-order valence-corrected chi connectivity index (χ1v) is 15.3. The largest absolute Gasteiger partial charge is 0.355 e. The molecule has 9 rings (SSSR count). The van der Waals surface area contributed by atoms with Gasteiger partial charge >= 0.3 is 0 Å². The van der Waals surface area contributed by atoms with Crippen molar-refractivity contribution in [3.63, 3.8) is 0 Å². The van der Waals surface area contributed by atoms with E-state index in [-0.39, 0.29) is 65.1 Å². The fraction of sp³-hybridized carbons (Fsp3) is 0. The molecule has 0 fully saturated rings. The van der Waals surface area contributed by atoms with Crippen LogP contribution in [0.25, 0.3) is 65.2 Å². The average molecular weight is 623 g/mol. The van der Waals surface area contributed by atoms with Crippen molar-refractivity contribution in [2.45, 2.75) is 0 Å². The van der Waals surface area contributed by atoms with Crippen molar-refractivity contribution < 1.29 is 0 Å². The maximum atomic E-state index is 14.2. The van der Waals surface area contributed by atoms with Crippen LogP contribution in [-0.4, -0.2) is 9.97 Å². The molecule has 0 bridgehead atoms. The zero-order valence-corrected chi connectivity index (χ0v) is 25.1. The van der Waals surface area contributed by atoms with E-state index in [4.69, 9.17) is 9.97 Å². The number of nitrogens with zero attached hydrogens (tertiary/aromatic N) is 2. The monoisotopic (exact) mass is 622 g/mol. The molecule has 8 nitrogen and oxygen atoms in total. The van der Waals surface area contributed by atoms with Crippen molar-refractivity contribution >= 4 is 87.9 Å². The number of nitrogens with one attached hydrogen (secondary N) is 2. The summed E-state index contributed by atoms with van der Waals surface area (Å²) in [5, 5.41) is 8.46. The van der Waals surface area contributed by atoms with Gasteiger partial charge < -0.3 is 10.6 Å². The number of fused-ring (bicyclic) bond motifs is 8. The molecule has 8 aromatic carbocycles. The van der Waals surface area contributed by atoms with Gasteiger partial charge in [0.2, 0.25) is 0 Å². The van der Waals surface area contributed by atoms with Crippen molar-refractivity contribution in [1.29, 1.82) is 0 Å². The third kappa shape index (κ3) is 4.03. The SMILES string of the molecule is O=c1c2ccccc2c(=O)c2c1c(Nc1ccccc1)cc1nc3c(cc(Nc4ccccc4)c4c(=O)c5ccccc5c(=O)c43)nc12. The second kappa shape index (κ2) is 10.4. The second-order valence-corrected chi connectivity index (χ2v) is 11.7. The van der Waals surface area contributed by atoms with Crippen LogP contribution in [0.5, 0.6) is 0 Å². The second-order valence-electron chi connectivity index (χ2n) is 11.7. The molecule has 0 spiro atoms. The van der Waals surface area contributed by atoms with Crippen LogP contribution in [0, 0.1) is 0 Å². The van der Waals surface area contributed by atoms with Crippen LogP contribution in [0.15, 0.2) is 141 Å². The Labute approximate surface area is 270 Å². The zero-order chi connectivity index (χ0) is 32.5. The molecule has 0 unspecified atom stereocenters. The minimum absolute atomic E-state index is 0.132. The van der Waals surface area contributed by atoms with Crippen molar-refractivity contribution in [3.8, 4) is 0 Å². The average Bonchev–Trinajstić information content (AvgIpc) is 3.12. The Morgan fingerprint density at radius 2 is 0.688 bits per heavy atom. The van der Waals surface area contributed by atoms with Gasteiger partial charge in [-0.15, -0.1) is 0 Å². The van der Waals surface area contributed by atoms with Crippen molar-refractivity contribution in [3.05, 3.63) is 162 Å². The van der Waals surface area contributed by atoms with Gasteiger partial charge in [-0.25, -0.2) is 9.97 Å². The highest BCUT2D eigenvalue weighted by Gasteiger charge is 2.23. The summed E-state index contributed by atoms with van der Waals surface area (Å²) >= 11 is 0. The number of hydrogen-bond acceptors (Lipinski definition) is 8. The lowest BCUT2D eigenvalue weighted by Gasteiger charge is -2.15. The summed E-state index contributed by atoms with van der Waals surface area (Å²) in [6.07, 6.45) is 0. The van der Waals surface area contributed by atoms with Crippen LogP contribution in [0.3, 0.4) is 0 Å². The molecule has 9 aromatic rings. The number of para-hydroxylation sites is 2. The predicted octanol–water partition coefficient (Wildman–Crippen LogP) is 7.20. The van der Waals surface area contributed by atoms with Gasteiger partial charge in [0.25, 0.3) is 0 Å². The van der Waals surface area contributed by atoms with Crippen LogP contribution in [0.1, 0.15) is 0 Å². The number of hydrogen-bond donors (Lipinski definition) is 2. The van der Waals surface area contributed by atoms with Gasteiger partial charge in [0, 0.05) is 32.9 Å². The summed E-state index contributed by atoms with van der Waals surface area (Å²) < 4.78 is 0. The molecular weight excluding hydrogens is 600 g/mol. The van der Waals surface area contributed by atoms with Crippen molar-refractivity contribution in [2.75, 3.05) is 10.6 Å². The Bertz CT molecular complexity index is 2820. The Balaban J connectivity index is 1.47. The number of aromatic nitrogens is 2. The van der Waals surface area contributed by atoms with Gasteiger partial charge in [-0.3, -0.25) is 19.2 Å². The highest BCUT2D eigenvalue weighted by Crippen LogP contribution is 2.35. The minimum Gasteiger partial charge on any atom is -0.355 e. The highest BCUT2D eigenvalue weighted by atomic mass is 16.1. The topological polar surface area (TPSA) is 118 Å². The molecular formula is C40H22N4O4. The molecule has 0 aliphatic rings. The Kier molecular flexibility index (Phi) is 5.94. The maximum absolute atomic E-state index is 14.2. The van der Waals surface area contributed by atoms with E-state index in [2.05, 4.69) is 10.6 Å². The number of rotatable bonds is 4. The van der Waals surface area contributed by atoms with Crippen LogP contribution >= 0.6 is 0 Å². The normalized spacial score (nSPS) is 11.7. The molecule has 0 radical (unpaired) electrons. The van der Waals surface area contributed by atoms with Gasteiger partial charge in [-0.1, -0.05) is 84.9 Å². The van der Waals surface area contributed by atoms with Crippen LogP contribution < -0.4 is 32.3 Å². The predicted molar refractivity (Wildman–Crippen MR) is 194 cm³/mol. The number of benzene rings is 8. The van der Waals surface area contributed by atoms with E-state index < -0.39 is 0 Å². The molecule has 0 atom stereocenters. The van der Waals surface area contributed by atoms with Crippen molar-refractivity contribution in [1.82, 2.24) is 9.97 Å². The van der Waals surface area contributed by atoms with Gasteiger partial charge in [-0.2, -0.15) is 0 Å². The standard InChI is InChI=1S/C40H22N4O4/c45-37-23-15-7-9-17-25(23)39(47)33-31(37)27(41-21-11-3-1-4-12-21)19-29-35(33)44-30-20-28(42-22-13-5-2-6-14-22)32-34(36(30)43-29)40(48)26-18-10-8-16-24(26)38(32)46/h1-20,41-42H. The van der Waals surface area contributed by atoms with E-state index in [0.29, 0.717) is 44.6 Å². The molecule has 2 N–H and O–H groups in total. The van der Waals surface area contributed by atoms with Crippen LogP contribution in [-0.2, 0) is 0 Å². The molecule has 8 heteroatoms. The summed E-state index contributed by atoms with van der Waals surface area (Å²) in [7, 11) is 0. The van der Waals surface area contributed by atoms with E-state index in [1.54, 1.807) is 60.7 Å². The molecule has 0 amide bonds. The van der Waals surface area contributed by atoms with E-state index in [1.807, 2.05) is 60.7 Å². The van der Waals surface area contributed by atoms with E-state index in [1.165, 1.54) is 0 Å². The third-order valence-corrected chi connectivity index (χ3v) is 8.87. The third-order valence-electron chi connectivity index (χ3n) is 8.87. The zero-order valence-electron chi connectivity index (χ0n) is 25.1. The summed E-state index contributed by atoms with van der Waals surface area (Å²) in [6, 6.07) is 35.4. The summed E-state index contributed by atoms with van der Waals surface area (Å²) in [6.45, 7) is 0. The smallest absolute Gasteiger partial charge is 0.196 e. The van der Waals surface area contributed by atoms with Gasteiger partial charge in [0.1, 0.15) is 11.0 Å². The molecule has 48 heavy (non-hydrogen) atoms. The van der Waals surface area contributed by atoms with Gasteiger partial charge in [-0.05, 0) is 36.4 Å². The highest BCUT2D eigenvalue weighted by molar-refractivity contribution is 6.19. The van der Waals surface area contributed by atoms with Crippen molar-refractivity contribution in [2.24, 2.45) is 0 Å². The van der Waals surface area contributed by atoms with E-state index in [0.717, 1.165) is 0 Å². The minimum atomic E-state index is -0.351. The molecule has 1 aromatic heterocycles. The molecule has 226 valence electrons. The molecule has 0 saturated heterocycles. The Hall–Kier alpha value is -6.80. The van der Waals surface area contributed by atoms with Crippen LogP contribution in [0.4, 0.5) is 22.7 Å². The molecule has 0 aliphatic heterocycles. The molecule has 0 aliphatic carbocycles. The van der Waals surface area contributed by atoms with E-state index in [9.17, 15) is 19.2 Å². The first-order valence-electron chi connectivity index (χ1n) is 15.3. The molecule has 0 saturated carbocycles. The van der Waals surface area contributed by atoms with Crippen LogP contribution in [0.2, 0.25) is 0 Å². The number of anilines is 4.